The number of carbonyl (C=O) groups excluding carboxylic acids is 1. The third kappa shape index (κ3) is 3.98. The van der Waals surface area contributed by atoms with Gasteiger partial charge in [0.2, 0.25) is 0 Å². The molecule has 1 N–H and O–H groups in total. The van der Waals surface area contributed by atoms with Gasteiger partial charge in [-0.1, -0.05) is 29.8 Å². The number of fused-ring (bicyclic) bond motifs is 1. The first-order valence-electron chi connectivity index (χ1n) is 7.65. The van der Waals surface area contributed by atoms with Gasteiger partial charge in [-0.15, -0.1) is 0 Å². The van der Waals surface area contributed by atoms with E-state index in [-0.39, 0.29) is 12.3 Å². The Morgan fingerprint density at radius 1 is 0.960 bits per heavy atom. The predicted molar refractivity (Wildman–Crippen MR) is 99.1 cm³/mol. The van der Waals surface area contributed by atoms with E-state index in [2.05, 4.69) is 0 Å². The number of hydrogen-bond donors (Lipinski definition) is 1. The minimum Gasteiger partial charge on any atom is -0.497 e. The molecular weight excluding hydrogens is 338 g/mol. The number of halogens is 1. The maximum Gasteiger partial charge on any atom is 0.338 e. The zero-order chi connectivity index (χ0) is 17.8. The van der Waals surface area contributed by atoms with Crippen molar-refractivity contribution in [3.63, 3.8) is 0 Å². The van der Waals surface area contributed by atoms with E-state index < -0.39 is 5.97 Å². The van der Waals surface area contributed by atoms with E-state index in [4.69, 9.17) is 26.5 Å². The summed E-state index contributed by atoms with van der Waals surface area (Å²) >= 11 is 5.80. The van der Waals surface area contributed by atoms with Crippen LogP contribution in [0.3, 0.4) is 0 Å². The first kappa shape index (κ1) is 17.0. The topological polar surface area (TPSA) is 59.4 Å². The molecule has 3 rings (SSSR count). The van der Waals surface area contributed by atoms with Crippen molar-refractivity contribution in [2.45, 2.75) is 0 Å². The molecule has 0 aliphatic heterocycles. The summed E-state index contributed by atoms with van der Waals surface area (Å²) in [6.45, 7) is -0.0941. The number of carbonyl (C=O) groups is 1. The van der Waals surface area contributed by atoms with Gasteiger partial charge in [0, 0.05) is 5.02 Å². The van der Waals surface area contributed by atoms with Crippen molar-refractivity contribution in [1.82, 2.24) is 0 Å². The molecule has 3 aromatic carbocycles. The highest BCUT2D eigenvalue weighted by molar-refractivity contribution is 6.30. The highest BCUT2D eigenvalue weighted by Gasteiger charge is 2.10. The van der Waals surface area contributed by atoms with Gasteiger partial charge in [-0.25, -0.2) is 4.79 Å². The van der Waals surface area contributed by atoms with E-state index in [9.17, 15) is 4.79 Å². The fourth-order valence-corrected chi connectivity index (χ4v) is 2.55. The molecule has 0 aromatic heterocycles. The molecule has 0 spiro atoms. The maximum atomic E-state index is 12.0. The Hall–Kier alpha value is -2.85. The lowest BCUT2D eigenvalue weighted by Crippen LogP contribution is -2.14. The Bertz CT molecular complexity index is 935. The zero-order valence-electron chi connectivity index (χ0n) is 13.6. The van der Waals surface area contributed by atoms with Crippen molar-refractivity contribution in [2.75, 3.05) is 13.7 Å². The van der Waals surface area contributed by atoms with Crippen molar-refractivity contribution in [1.29, 1.82) is 5.41 Å². The van der Waals surface area contributed by atoms with Crippen LogP contribution in [0.2, 0.25) is 5.02 Å². The van der Waals surface area contributed by atoms with Crippen molar-refractivity contribution in [2.24, 2.45) is 0 Å². The molecule has 3 aromatic rings. The Kier molecular flexibility index (Phi) is 5.00. The van der Waals surface area contributed by atoms with Gasteiger partial charge in [0.05, 0.1) is 18.4 Å². The van der Waals surface area contributed by atoms with Crippen LogP contribution in [0.1, 0.15) is 15.9 Å². The highest BCUT2D eigenvalue weighted by Crippen LogP contribution is 2.22. The van der Waals surface area contributed by atoms with Gasteiger partial charge < -0.3 is 14.9 Å². The molecular formula is C20H16ClNO3. The summed E-state index contributed by atoms with van der Waals surface area (Å²) in [5.41, 5.74) is 1.35. The summed E-state index contributed by atoms with van der Waals surface area (Å²) in [6, 6.07) is 17.8. The second-order valence-electron chi connectivity index (χ2n) is 5.49. The second kappa shape index (κ2) is 7.36. The molecule has 0 heterocycles. The number of rotatable bonds is 5. The Labute approximate surface area is 150 Å². The number of hydrogen-bond acceptors (Lipinski definition) is 4. The molecule has 0 saturated heterocycles. The van der Waals surface area contributed by atoms with Gasteiger partial charge in [-0.3, -0.25) is 0 Å². The van der Waals surface area contributed by atoms with Crippen LogP contribution in [0.15, 0.2) is 60.7 Å². The van der Waals surface area contributed by atoms with E-state index in [1.54, 1.807) is 31.4 Å². The maximum absolute atomic E-state index is 12.0. The van der Waals surface area contributed by atoms with Gasteiger partial charge in [0.15, 0.2) is 0 Å². The first-order chi connectivity index (χ1) is 12.1. The third-order valence-electron chi connectivity index (χ3n) is 3.82. The van der Waals surface area contributed by atoms with Crippen molar-refractivity contribution < 1.29 is 14.3 Å². The van der Waals surface area contributed by atoms with Crippen LogP contribution >= 0.6 is 11.6 Å². The summed E-state index contributed by atoms with van der Waals surface area (Å²) in [7, 11) is 1.63. The summed E-state index contributed by atoms with van der Waals surface area (Å²) in [5.74, 6) is 0.305. The summed E-state index contributed by atoms with van der Waals surface area (Å²) < 4.78 is 10.4. The fourth-order valence-electron chi connectivity index (χ4n) is 2.43. The van der Waals surface area contributed by atoms with Gasteiger partial charge in [-0.2, -0.15) is 0 Å². The SMILES string of the molecule is COc1ccc2cc(C(=N)COC(=O)c3ccc(Cl)cc3)ccc2c1. The predicted octanol–water partition coefficient (Wildman–Crippen LogP) is 4.73. The smallest absolute Gasteiger partial charge is 0.338 e. The number of esters is 1. The van der Waals surface area contributed by atoms with Crippen LogP contribution in [0.25, 0.3) is 10.8 Å². The molecule has 0 radical (unpaired) electrons. The average Bonchev–Trinajstić information content (AvgIpc) is 2.65. The van der Waals surface area contributed by atoms with E-state index in [1.165, 1.54) is 0 Å². The molecule has 0 fully saturated rings. The summed E-state index contributed by atoms with van der Waals surface area (Å²) in [4.78, 5) is 12.0. The third-order valence-corrected chi connectivity index (χ3v) is 4.08. The highest BCUT2D eigenvalue weighted by atomic mass is 35.5. The van der Waals surface area contributed by atoms with Crippen LogP contribution in [0, 0.1) is 5.41 Å². The van der Waals surface area contributed by atoms with Crippen LogP contribution in [0.4, 0.5) is 0 Å². The second-order valence-corrected chi connectivity index (χ2v) is 5.93. The van der Waals surface area contributed by atoms with Crippen LogP contribution in [-0.4, -0.2) is 25.4 Å². The van der Waals surface area contributed by atoms with E-state index in [0.29, 0.717) is 16.1 Å². The van der Waals surface area contributed by atoms with E-state index >= 15 is 0 Å². The zero-order valence-corrected chi connectivity index (χ0v) is 14.3. The Morgan fingerprint density at radius 2 is 1.60 bits per heavy atom. The molecule has 0 bridgehead atoms. The lowest BCUT2D eigenvalue weighted by Gasteiger charge is -2.08. The summed E-state index contributed by atoms with van der Waals surface area (Å²) in [5, 5.41) is 10.7. The largest absolute Gasteiger partial charge is 0.497 e. The monoisotopic (exact) mass is 353 g/mol. The lowest BCUT2D eigenvalue weighted by molar-refractivity contribution is 0.0563. The van der Waals surface area contributed by atoms with E-state index in [1.807, 2.05) is 36.4 Å². The molecule has 0 unspecified atom stereocenters. The van der Waals surface area contributed by atoms with Crippen LogP contribution in [-0.2, 0) is 4.74 Å². The fraction of sp³-hybridized carbons (Fsp3) is 0.100. The quantitative estimate of drug-likeness (QED) is 0.533. The molecule has 0 aliphatic rings. The molecule has 4 nitrogen and oxygen atoms in total. The van der Waals surface area contributed by atoms with Crippen molar-refractivity contribution in [3.8, 4) is 5.75 Å². The molecule has 25 heavy (non-hydrogen) atoms. The molecule has 0 aliphatic carbocycles. The number of ether oxygens (including phenoxy) is 2. The molecule has 126 valence electrons. The normalized spacial score (nSPS) is 10.5. The Balaban J connectivity index is 1.69. The number of benzene rings is 3. The first-order valence-corrected chi connectivity index (χ1v) is 8.03. The van der Waals surface area contributed by atoms with Crippen LogP contribution in [0.5, 0.6) is 5.75 Å². The minimum atomic E-state index is -0.480. The number of methoxy groups -OCH3 is 1. The molecule has 5 heteroatoms. The van der Waals surface area contributed by atoms with Crippen molar-refractivity contribution >= 4 is 34.1 Å². The van der Waals surface area contributed by atoms with Gasteiger partial charge >= 0.3 is 5.97 Å². The molecule has 0 atom stereocenters. The lowest BCUT2D eigenvalue weighted by atomic mass is 10.0. The summed E-state index contributed by atoms with van der Waals surface area (Å²) in [6.07, 6.45) is 0. The van der Waals surface area contributed by atoms with Gasteiger partial charge in [0.25, 0.3) is 0 Å². The number of nitrogens with one attached hydrogen (secondary N) is 1. The van der Waals surface area contributed by atoms with E-state index in [0.717, 1.165) is 16.5 Å². The van der Waals surface area contributed by atoms with Crippen molar-refractivity contribution in [3.05, 3.63) is 76.8 Å². The molecule has 0 saturated carbocycles. The average molecular weight is 354 g/mol. The Morgan fingerprint density at radius 3 is 2.32 bits per heavy atom. The minimum absolute atomic E-state index is 0.0941. The van der Waals surface area contributed by atoms with Crippen LogP contribution < -0.4 is 4.74 Å². The molecule has 0 amide bonds. The van der Waals surface area contributed by atoms with Gasteiger partial charge in [-0.05, 0) is 58.8 Å². The van der Waals surface area contributed by atoms with Gasteiger partial charge in [0.1, 0.15) is 12.4 Å². The standard InChI is InChI=1S/C20H16ClNO3/c1-24-18-9-6-14-10-16(3-2-15(14)11-18)19(22)12-25-20(23)13-4-7-17(21)8-5-13/h2-11,22H,12H2,1H3.